The van der Waals surface area contributed by atoms with E-state index < -0.39 is 24.6 Å². The lowest BCUT2D eigenvalue weighted by molar-refractivity contribution is -0.154. The van der Waals surface area contributed by atoms with Crippen LogP contribution in [0.1, 0.15) is 28.4 Å². The summed E-state index contributed by atoms with van der Waals surface area (Å²) in [6, 6.07) is 5.72. The van der Waals surface area contributed by atoms with E-state index in [1.807, 2.05) is 19.0 Å². The quantitative estimate of drug-likeness (QED) is 0.786. The molecule has 26 heavy (non-hydrogen) atoms. The molecule has 0 aliphatic heterocycles. The second kappa shape index (κ2) is 8.33. The average Bonchev–Trinajstić information content (AvgIpc) is 3.00. The van der Waals surface area contributed by atoms with Crippen molar-refractivity contribution < 1.29 is 23.1 Å². The van der Waals surface area contributed by atoms with Gasteiger partial charge in [0, 0.05) is 18.4 Å². The van der Waals surface area contributed by atoms with Gasteiger partial charge in [-0.1, -0.05) is 12.1 Å². The first-order chi connectivity index (χ1) is 12.1. The van der Waals surface area contributed by atoms with E-state index in [0.29, 0.717) is 17.8 Å². The number of carbonyl (C=O) groups is 1. The van der Waals surface area contributed by atoms with Crippen molar-refractivity contribution in [1.82, 2.24) is 14.7 Å². The highest BCUT2D eigenvalue weighted by atomic mass is 19.4. The molecule has 2 rings (SSSR count). The number of aromatic nitrogens is 2. The third kappa shape index (κ3) is 6.16. The van der Waals surface area contributed by atoms with Crippen LogP contribution in [-0.2, 0) is 6.54 Å². The fourth-order valence-corrected chi connectivity index (χ4v) is 2.27. The number of rotatable bonds is 7. The van der Waals surface area contributed by atoms with Crippen LogP contribution in [0.25, 0.3) is 0 Å². The number of likely N-dealkylation sites (N-methyl/N-ethyl adjacent to an activating group) is 1. The van der Waals surface area contributed by atoms with Gasteiger partial charge in [-0.25, -0.2) is 0 Å². The van der Waals surface area contributed by atoms with Crippen LogP contribution in [0.15, 0.2) is 36.7 Å². The lowest BCUT2D eigenvalue weighted by atomic mass is 10.1. The summed E-state index contributed by atoms with van der Waals surface area (Å²) in [5.74, 6) is -0.427. The Balaban J connectivity index is 2.02. The summed E-state index contributed by atoms with van der Waals surface area (Å²) in [5.41, 5.74) is 0.724. The van der Waals surface area contributed by atoms with E-state index in [4.69, 9.17) is 0 Å². The highest BCUT2D eigenvalue weighted by molar-refractivity contribution is 6.03. The zero-order chi connectivity index (χ0) is 19.3. The number of alkyl halides is 3. The number of anilines is 1. The Morgan fingerprint density at radius 2 is 2.12 bits per heavy atom. The van der Waals surface area contributed by atoms with Gasteiger partial charge in [0.15, 0.2) is 0 Å². The van der Waals surface area contributed by atoms with Crippen LogP contribution < -0.4 is 5.32 Å². The number of nitrogens with zero attached hydrogens (tertiary/aromatic N) is 3. The Hall–Kier alpha value is -2.39. The van der Waals surface area contributed by atoms with Crippen molar-refractivity contribution >= 4 is 11.6 Å². The monoisotopic (exact) mass is 370 g/mol. The molecular formula is C17H21F3N4O2. The first-order valence-electron chi connectivity index (χ1n) is 7.97. The van der Waals surface area contributed by atoms with E-state index in [2.05, 4.69) is 10.4 Å². The molecule has 1 amide bonds. The van der Waals surface area contributed by atoms with Gasteiger partial charge in [0.25, 0.3) is 5.91 Å². The van der Waals surface area contributed by atoms with Gasteiger partial charge in [-0.2, -0.15) is 18.3 Å². The molecule has 1 unspecified atom stereocenters. The maximum Gasteiger partial charge on any atom is 0.391 e. The predicted octanol–water partition coefficient (Wildman–Crippen LogP) is 2.68. The summed E-state index contributed by atoms with van der Waals surface area (Å²) in [6.07, 6.45) is -4.47. The summed E-state index contributed by atoms with van der Waals surface area (Å²) in [7, 11) is 3.86. The molecule has 9 heteroatoms. The number of aliphatic hydroxyl groups excluding tert-OH is 1. The minimum Gasteiger partial charge on any atom is -0.388 e. The van der Waals surface area contributed by atoms with Crippen LogP contribution in [0.3, 0.4) is 0 Å². The number of nitrogens with one attached hydrogen (secondary N) is 1. The SMILES string of the molecule is CN(C)CCn1cc(C(=O)Nc2cccc(C(O)CC(F)(F)F)c2)cn1. The molecule has 142 valence electrons. The van der Waals surface area contributed by atoms with Gasteiger partial charge in [-0.15, -0.1) is 0 Å². The van der Waals surface area contributed by atoms with Crippen LogP contribution in [0.5, 0.6) is 0 Å². The molecule has 1 aromatic carbocycles. The molecule has 0 saturated heterocycles. The fraction of sp³-hybridized carbons (Fsp3) is 0.412. The molecule has 2 N–H and O–H groups in total. The largest absolute Gasteiger partial charge is 0.391 e. The highest BCUT2D eigenvalue weighted by Crippen LogP contribution is 2.30. The molecule has 1 aromatic heterocycles. The number of hydrogen-bond acceptors (Lipinski definition) is 4. The van der Waals surface area contributed by atoms with Gasteiger partial charge < -0.3 is 15.3 Å². The number of carbonyl (C=O) groups excluding carboxylic acids is 1. The molecule has 1 heterocycles. The fourth-order valence-electron chi connectivity index (χ4n) is 2.27. The van der Waals surface area contributed by atoms with Crippen molar-refractivity contribution in [3.8, 4) is 0 Å². The molecule has 0 aliphatic carbocycles. The molecule has 0 radical (unpaired) electrons. The van der Waals surface area contributed by atoms with Crippen LogP contribution >= 0.6 is 0 Å². The molecule has 6 nitrogen and oxygen atoms in total. The highest BCUT2D eigenvalue weighted by Gasteiger charge is 2.31. The van der Waals surface area contributed by atoms with Crippen LogP contribution in [-0.4, -0.2) is 52.5 Å². The van der Waals surface area contributed by atoms with Crippen molar-refractivity contribution in [2.75, 3.05) is 26.0 Å². The number of amides is 1. The Kier molecular flexibility index (Phi) is 6.38. The van der Waals surface area contributed by atoms with Crippen molar-refractivity contribution in [3.63, 3.8) is 0 Å². The molecule has 0 fully saturated rings. The first-order valence-corrected chi connectivity index (χ1v) is 7.97. The van der Waals surface area contributed by atoms with Crippen molar-refractivity contribution in [1.29, 1.82) is 0 Å². The van der Waals surface area contributed by atoms with E-state index >= 15 is 0 Å². The van der Waals surface area contributed by atoms with E-state index in [1.165, 1.54) is 30.5 Å². The summed E-state index contributed by atoms with van der Waals surface area (Å²) >= 11 is 0. The molecule has 1 atom stereocenters. The third-order valence-electron chi connectivity index (χ3n) is 3.63. The minimum absolute atomic E-state index is 0.0850. The number of halogens is 3. The molecule has 0 bridgehead atoms. The Labute approximate surface area is 149 Å². The van der Waals surface area contributed by atoms with E-state index in [9.17, 15) is 23.1 Å². The van der Waals surface area contributed by atoms with Crippen LogP contribution in [0, 0.1) is 0 Å². The summed E-state index contributed by atoms with van der Waals surface area (Å²) < 4.78 is 38.8. The maximum atomic E-state index is 12.4. The van der Waals surface area contributed by atoms with Gasteiger partial charge >= 0.3 is 6.18 Å². The maximum absolute atomic E-state index is 12.4. The molecular weight excluding hydrogens is 349 g/mol. The summed E-state index contributed by atoms with van der Waals surface area (Å²) in [6.45, 7) is 1.39. The molecule has 2 aromatic rings. The predicted molar refractivity (Wildman–Crippen MR) is 90.8 cm³/mol. The zero-order valence-electron chi connectivity index (χ0n) is 14.5. The molecule has 0 saturated carbocycles. The summed E-state index contributed by atoms with van der Waals surface area (Å²) in [5, 5.41) is 16.4. The lowest BCUT2D eigenvalue weighted by Crippen LogP contribution is -2.18. The minimum atomic E-state index is -4.47. The van der Waals surface area contributed by atoms with Gasteiger partial charge in [0.2, 0.25) is 0 Å². The smallest absolute Gasteiger partial charge is 0.388 e. The topological polar surface area (TPSA) is 70.4 Å². The van der Waals surface area contributed by atoms with Crippen molar-refractivity contribution in [3.05, 3.63) is 47.8 Å². The van der Waals surface area contributed by atoms with Gasteiger partial charge in [-0.05, 0) is 31.8 Å². The first kappa shape index (κ1) is 19.9. The number of benzene rings is 1. The van der Waals surface area contributed by atoms with Gasteiger partial charge in [0.05, 0.1) is 30.8 Å². The van der Waals surface area contributed by atoms with Gasteiger partial charge in [-0.3, -0.25) is 9.48 Å². The van der Waals surface area contributed by atoms with Crippen molar-refractivity contribution in [2.45, 2.75) is 25.2 Å². The van der Waals surface area contributed by atoms with E-state index in [1.54, 1.807) is 10.9 Å². The molecule has 0 aliphatic rings. The van der Waals surface area contributed by atoms with Crippen molar-refractivity contribution in [2.24, 2.45) is 0 Å². The average molecular weight is 370 g/mol. The lowest BCUT2D eigenvalue weighted by Gasteiger charge is -2.14. The Bertz CT molecular complexity index is 744. The number of hydrogen-bond donors (Lipinski definition) is 2. The second-order valence-corrected chi connectivity index (χ2v) is 6.21. The second-order valence-electron chi connectivity index (χ2n) is 6.21. The van der Waals surface area contributed by atoms with Gasteiger partial charge in [0.1, 0.15) is 0 Å². The molecule has 0 spiro atoms. The standard InChI is InChI=1S/C17H21F3N4O2/c1-23(2)6-7-24-11-13(10-21-24)16(26)22-14-5-3-4-12(8-14)15(25)9-17(18,19)20/h3-5,8,10-11,15,25H,6-7,9H2,1-2H3,(H,22,26). The Morgan fingerprint density at radius 1 is 1.38 bits per heavy atom. The Morgan fingerprint density at radius 3 is 2.77 bits per heavy atom. The zero-order valence-corrected chi connectivity index (χ0v) is 14.5. The summed E-state index contributed by atoms with van der Waals surface area (Å²) in [4.78, 5) is 14.2. The van der Waals surface area contributed by atoms with Crippen LogP contribution in [0.4, 0.5) is 18.9 Å². The van der Waals surface area contributed by atoms with Crippen LogP contribution in [0.2, 0.25) is 0 Å². The number of aliphatic hydroxyl groups is 1. The third-order valence-corrected chi connectivity index (χ3v) is 3.63. The van der Waals surface area contributed by atoms with E-state index in [-0.39, 0.29) is 5.56 Å². The normalized spacial score (nSPS) is 13.0. The van der Waals surface area contributed by atoms with E-state index in [0.717, 1.165) is 6.54 Å².